The number of allylic oxidation sites excluding steroid dienone is 1. The van der Waals surface area contributed by atoms with Crippen molar-refractivity contribution in [1.29, 1.82) is 0 Å². The molecular weight excluding hydrogens is 248 g/mol. The van der Waals surface area contributed by atoms with Gasteiger partial charge in [0.1, 0.15) is 0 Å². The monoisotopic (exact) mass is 282 g/mol. The summed E-state index contributed by atoms with van der Waals surface area (Å²) in [4.78, 5) is 2.55. The van der Waals surface area contributed by atoms with Gasteiger partial charge in [0.05, 0.1) is 12.7 Å². The number of likely N-dealkylation sites (N-methyl/N-ethyl adjacent to an activating group) is 1. The second kappa shape index (κ2) is 11.3. The van der Waals surface area contributed by atoms with Gasteiger partial charge < -0.3 is 10.1 Å². The van der Waals surface area contributed by atoms with Crippen molar-refractivity contribution >= 4 is 0 Å². The predicted molar refractivity (Wildman–Crippen MR) is 87.2 cm³/mol. The molecule has 0 spiro atoms. The van der Waals surface area contributed by atoms with Gasteiger partial charge in [-0.15, -0.1) is 6.58 Å². The van der Waals surface area contributed by atoms with Gasteiger partial charge in [0.15, 0.2) is 0 Å². The van der Waals surface area contributed by atoms with E-state index in [-0.39, 0.29) is 0 Å². The number of unbranched alkanes of at least 4 members (excludes halogenated alkanes) is 3. The Morgan fingerprint density at radius 3 is 2.90 bits per heavy atom. The average molecular weight is 282 g/mol. The van der Waals surface area contributed by atoms with Gasteiger partial charge in [-0.3, -0.25) is 4.90 Å². The van der Waals surface area contributed by atoms with Gasteiger partial charge in [-0.1, -0.05) is 32.8 Å². The maximum absolute atomic E-state index is 6.03. The van der Waals surface area contributed by atoms with E-state index in [9.17, 15) is 0 Å². The van der Waals surface area contributed by atoms with Gasteiger partial charge in [-0.25, -0.2) is 0 Å². The first-order valence-electron chi connectivity index (χ1n) is 8.50. The number of hydrogen-bond donors (Lipinski definition) is 1. The van der Waals surface area contributed by atoms with Crippen LogP contribution in [-0.4, -0.2) is 49.8 Å². The number of nitrogens with zero attached hydrogens (tertiary/aromatic N) is 1. The van der Waals surface area contributed by atoms with Crippen molar-refractivity contribution in [2.24, 2.45) is 0 Å². The molecule has 1 N–H and O–H groups in total. The SMILES string of the molecule is C=CCCCCCC(NCC)C1CN(CCC)CCO1. The van der Waals surface area contributed by atoms with Gasteiger partial charge in [0, 0.05) is 19.1 Å². The molecule has 1 fully saturated rings. The van der Waals surface area contributed by atoms with Crippen LogP contribution in [0.25, 0.3) is 0 Å². The second-order valence-electron chi connectivity index (χ2n) is 5.80. The minimum absolute atomic E-state index is 0.370. The Balaban J connectivity index is 2.33. The molecule has 1 rings (SSSR count). The molecule has 1 aliphatic rings. The highest BCUT2D eigenvalue weighted by Gasteiger charge is 2.26. The van der Waals surface area contributed by atoms with Gasteiger partial charge >= 0.3 is 0 Å². The third-order valence-electron chi connectivity index (χ3n) is 4.06. The fourth-order valence-corrected chi connectivity index (χ4v) is 3.01. The van der Waals surface area contributed by atoms with Crippen LogP contribution in [0.4, 0.5) is 0 Å². The first-order valence-corrected chi connectivity index (χ1v) is 8.50. The summed E-state index contributed by atoms with van der Waals surface area (Å²) in [5.74, 6) is 0. The summed E-state index contributed by atoms with van der Waals surface area (Å²) in [5, 5.41) is 3.63. The van der Waals surface area contributed by atoms with E-state index in [4.69, 9.17) is 4.74 Å². The first kappa shape index (κ1) is 17.7. The van der Waals surface area contributed by atoms with Crippen molar-refractivity contribution in [2.45, 2.75) is 64.5 Å². The third kappa shape index (κ3) is 6.87. The number of morpholine rings is 1. The van der Waals surface area contributed by atoms with E-state index < -0.39 is 0 Å². The van der Waals surface area contributed by atoms with E-state index >= 15 is 0 Å². The van der Waals surface area contributed by atoms with E-state index in [1.54, 1.807) is 0 Å². The molecule has 118 valence electrons. The van der Waals surface area contributed by atoms with Crippen molar-refractivity contribution in [1.82, 2.24) is 10.2 Å². The van der Waals surface area contributed by atoms with Crippen LogP contribution in [0.1, 0.15) is 52.4 Å². The van der Waals surface area contributed by atoms with E-state index in [1.807, 2.05) is 6.08 Å². The topological polar surface area (TPSA) is 24.5 Å². The van der Waals surface area contributed by atoms with Gasteiger partial charge in [-0.05, 0) is 38.8 Å². The zero-order valence-corrected chi connectivity index (χ0v) is 13.6. The van der Waals surface area contributed by atoms with Gasteiger partial charge in [0.2, 0.25) is 0 Å². The van der Waals surface area contributed by atoms with Gasteiger partial charge in [-0.2, -0.15) is 0 Å². The normalized spacial score (nSPS) is 21.8. The molecule has 0 aliphatic carbocycles. The van der Waals surface area contributed by atoms with Crippen molar-refractivity contribution in [3.63, 3.8) is 0 Å². The summed E-state index contributed by atoms with van der Waals surface area (Å²) in [6.07, 6.45) is 9.88. The zero-order chi connectivity index (χ0) is 14.6. The van der Waals surface area contributed by atoms with E-state index in [2.05, 4.69) is 30.6 Å². The Kier molecular flexibility index (Phi) is 9.98. The molecular formula is C17H34N2O. The van der Waals surface area contributed by atoms with Crippen LogP contribution in [-0.2, 0) is 4.74 Å². The average Bonchev–Trinajstić information content (AvgIpc) is 2.46. The van der Waals surface area contributed by atoms with Crippen molar-refractivity contribution < 1.29 is 4.74 Å². The largest absolute Gasteiger partial charge is 0.374 e. The molecule has 0 radical (unpaired) electrons. The molecule has 0 bridgehead atoms. The van der Waals surface area contributed by atoms with E-state index in [1.165, 1.54) is 38.6 Å². The summed E-state index contributed by atoms with van der Waals surface area (Å²) in [6, 6.07) is 0.517. The minimum atomic E-state index is 0.370. The highest BCUT2D eigenvalue weighted by molar-refractivity contribution is 4.83. The molecule has 0 aromatic carbocycles. The number of ether oxygens (including phenoxy) is 1. The Hall–Kier alpha value is -0.380. The van der Waals surface area contributed by atoms with Crippen LogP contribution in [0.15, 0.2) is 12.7 Å². The lowest BCUT2D eigenvalue weighted by molar-refractivity contribution is -0.0476. The van der Waals surface area contributed by atoms with Crippen molar-refractivity contribution in [2.75, 3.05) is 32.8 Å². The number of rotatable bonds is 11. The molecule has 1 heterocycles. The predicted octanol–water partition coefficient (Wildman–Crippen LogP) is 3.21. The molecule has 20 heavy (non-hydrogen) atoms. The summed E-state index contributed by atoms with van der Waals surface area (Å²) < 4.78 is 6.03. The standard InChI is InChI=1S/C17H34N2O/c1-4-7-8-9-10-11-16(18-6-3)17-15-19(12-5-2)13-14-20-17/h4,16-18H,1,5-15H2,2-3H3. The molecule has 0 amide bonds. The quantitative estimate of drug-likeness (QED) is 0.465. The Bertz CT molecular complexity index is 243. The first-order chi connectivity index (χ1) is 9.81. The summed E-state index contributed by atoms with van der Waals surface area (Å²) >= 11 is 0. The summed E-state index contributed by atoms with van der Waals surface area (Å²) in [7, 11) is 0. The van der Waals surface area contributed by atoms with Crippen molar-refractivity contribution in [3.05, 3.63) is 12.7 Å². The smallest absolute Gasteiger partial charge is 0.0855 e. The third-order valence-corrected chi connectivity index (χ3v) is 4.06. The minimum Gasteiger partial charge on any atom is -0.374 e. The molecule has 3 heteroatoms. The maximum atomic E-state index is 6.03. The highest BCUT2D eigenvalue weighted by Crippen LogP contribution is 2.15. The summed E-state index contributed by atoms with van der Waals surface area (Å²) in [5.41, 5.74) is 0. The van der Waals surface area contributed by atoms with Crippen LogP contribution < -0.4 is 5.32 Å². The molecule has 2 unspecified atom stereocenters. The Labute approximate surface area is 125 Å². The van der Waals surface area contributed by atoms with Crippen LogP contribution >= 0.6 is 0 Å². The Morgan fingerprint density at radius 2 is 2.20 bits per heavy atom. The van der Waals surface area contributed by atoms with Crippen LogP contribution in [0.3, 0.4) is 0 Å². The van der Waals surface area contributed by atoms with Crippen LogP contribution in [0.2, 0.25) is 0 Å². The lowest BCUT2D eigenvalue weighted by Gasteiger charge is -2.37. The van der Waals surface area contributed by atoms with Crippen molar-refractivity contribution in [3.8, 4) is 0 Å². The fraction of sp³-hybridized carbons (Fsp3) is 0.882. The molecule has 2 atom stereocenters. The maximum Gasteiger partial charge on any atom is 0.0855 e. The summed E-state index contributed by atoms with van der Waals surface area (Å²) in [6.45, 7) is 13.6. The molecule has 0 aromatic rings. The van der Waals surface area contributed by atoms with Gasteiger partial charge in [0.25, 0.3) is 0 Å². The highest BCUT2D eigenvalue weighted by atomic mass is 16.5. The molecule has 0 saturated carbocycles. The number of hydrogen-bond acceptors (Lipinski definition) is 3. The van der Waals surface area contributed by atoms with E-state index in [0.717, 1.165) is 32.7 Å². The molecule has 0 aromatic heterocycles. The number of nitrogens with one attached hydrogen (secondary N) is 1. The molecule has 1 saturated heterocycles. The fourth-order valence-electron chi connectivity index (χ4n) is 3.01. The Morgan fingerprint density at radius 1 is 1.35 bits per heavy atom. The van der Waals surface area contributed by atoms with Crippen LogP contribution in [0.5, 0.6) is 0 Å². The molecule has 1 aliphatic heterocycles. The van der Waals surface area contributed by atoms with E-state index in [0.29, 0.717) is 12.1 Å². The molecule has 3 nitrogen and oxygen atoms in total. The lowest BCUT2D eigenvalue weighted by Crippen LogP contribution is -2.52. The van der Waals surface area contributed by atoms with Crippen LogP contribution in [0, 0.1) is 0 Å². The zero-order valence-electron chi connectivity index (χ0n) is 13.6. The second-order valence-corrected chi connectivity index (χ2v) is 5.80. The lowest BCUT2D eigenvalue weighted by atomic mass is 10.0.